The fourth-order valence-corrected chi connectivity index (χ4v) is 5.33. The fourth-order valence-electron chi connectivity index (χ4n) is 5.33. The molecule has 0 bridgehead atoms. The van der Waals surface area contributed by atoms with Crippen LogP contribution in [-0.2, 0) is 20.8 Å². The van der Waals surface area contributed by atoms with Crippen LogP contribution in [0, 0.1) is 12.8 Å². The fraction of sp³-hybridized carbons (Fsp3) is 0.448. The van der Waals surface area contributed by atoms with Crippen molar-refractivity contribution in [2.24, 2.45) is 5.92 Å². The number of carbonyl (C=O) groups excluding carboxylic acids is 3. The number of nitrogens with zero attached hydrogens (tertiary/aromatic N) is 1. The summed E-state index contributed by atoms with van der Waals surface area (Å²) in [5.74, 6) is -1.02. The minimum atomic E-state index is -0.779. The highest BCUT2D eigenvalue weighted by Gasteiger charge is 2.36. The van der Waals surface area contributed by atoms with Crippen LogP contribution in [0.4, 0.5) is 16.2 Å². The zero-order valence-corrected chi connectivity index (χ0v) is 22.4. The van der Waals surface area contributed by atoms with E-state index in [0.29, 0.717) is 61.3 Å². The monoisotopic (exact) mass is 536 g/mol. The van der Waals surface area contributed by atoms with E-state index in [1.165, 1.54) is 7.11 Å². The van der Waals surface area contributed by atoms with Gasteiger partial charge in [-0.25, -0.2) is 4.79 Å². The zero-order valence-electron chi connectivity index (χ0n) is 22.4. The molecule has 1 saturated heterocycles. The molecule has 2 fully saturated rings. The summed E-state index contributed by atoms with van der Waals surface area (Å²) in [5.41, 5.74) is 2.82. The molecule has 10 heteroatoms. The van der Waals surface area contributed by atoms with Gasteiger partial charge in [-0.2, -0.15) is 0 Å². The van der Waals surface area contributed by atoms with Gasteiger partial charge >= 0.3 is 12.0 Å². The van der Waals surface area contributed by atoms with Crippen LogP contribution in [0.2, 0.25) is 0 Å². The van der Waals surface area contributed by atoms with E-state index in [2.05, 4.69) is 16.0 Å². The van der Waals surface area contributed by atoms with E-state index in [0.717, 1.165) is 12.0 Å². The van der Waals surface area contributed by atoms with Crippen molar-refractivity contribution in [1.29, 1.82) is 0 Å². The smallest absolute Gasteiger partial charge is 0.323 e. The lowest BCUT2D eigenvalue weighted by atomic mass is 9.86. The number of hydrogen-bond acceptors (Lipinski definition) is 5. The molecule has 0 aromatic heterocycles. The Morgan fingerprint density at radius 2 is 1.69 bits per heavy atom. The largest absolute Gasteiger partial charge is 0.495 e. The van der Waals surface area contributed by atoms with E-state index in [1.54, 1.807) is 23.1 Å². The molecule has 2 aliphatic rings. The number of methoxy groups -OCH3 is 1. The number of carbonyl (C=O) groups is 4. The third-order valence-corrected chi connectivity index (χ3v) is 7.56. The number of likely N-dealkylation sites (tertiary alicyclic amines) is 1. The number of ether oxygens (including phenoxy) is 1. The number of anilines is 2. The molecule has 1 aliphatic heterocycles. The highest BCUT2D eigenvalue weighted by molar-refractivity contribution is 6.01. The molecule has 0 spiro atoms. The summed E-state index contributed by atoms with van der Waals surface area (Å²) in [6.07, 6.45) is 3.81. The number of amides is 4. The van der Waals surface area contributed by atoms with Crippen molar-refractivity contribution in [3.05, 3.63) is 53.6 Å². The summed E-state index contributed by atoms with van der Waals surface area (Å²) in [7, 11) is 1.50. The van der Waals surface area contributed by atoms with Gasteiger partial charge in [-0.1, -0.05) is 24.3 Å². The van der Waals surface area contributed by atoms with E-state index in [-0.39, 0.29) is 30.2 Å². The van der Waals surface area contributed by atoms with Crippen molar-refractivity contribution in [3.63, 3.8) is 0 Å². The standard InChI is InChI=1S/C29H36N4O6/c1-18-6-3-4-7-22(18)31-29(38)32-23-14-9-19(16-25(23)39-2)17-26(34)33-15-5-8-24(33)27(35)30-21-12-10-20(11-13-21)28(36)37/h3-4,6-7,9,14,16,20-21,24H,5,8,10-13,15,17H2,1-2H3,(H,30,35)(H,36,37)(H2,31,32,38). The van der Waals surface area contributed by atoms with Crippen molar-refractivity contribution < 1.29 is 29.0 Å². The van der Waals surface area contributed by atoms with Crippen LogP contribution in [0.1, 0.15) is 49.7 Å². The quantitative estimate of drug-likeness (QED) is 0.403. The summed E-state index contributed by atoms with van der Waals surface area (Å²) in [5, 5.41) is 17.8. The lowest BCUT2D eigenvalue weighted by Crippen LogP contribution is -2.50. The molecule has 10 nitrogen and oxygen atoms in total. The number of nitrogens with one attached hydrogen (secondary N) is 3. The predicted octanol–water partition coefficient (Wildman–Crippen LogP) is 3.94. The number of rotatable bonds is 8. The molecular formula is C29H36N4O6. The maximum Gasteiger partial charge on any atom is 0.323 e. The third-order valence-electron chi connectivity index (χ3n) is 7.56. The van der Waals surface area contributed by atoms with E-state index in [9.17, 15) is 24.3 Å². The first-order chi connectivity index (χ1) is 18.7. The maximum atomic E-state index is 13.2. The summed E-state index contributed by atoms with van der Waals surface area (Å²) >= 11 is 0. The molecule has 1 unspecified atom stereocenters. The second-order valence-corrected chi connectivity index (χ2v) is 10.2. The molecule has 0 radical (unpaired) electrons. The van der Waals surface area contributed by atoms with Gasteiger partial charge in [-0.15, -0.1) is 0 Å². The summed E-state index contributed by atoms with van der Waals surface area (Å²) < 4.78 is 5.47. The van der Waals surface area contributed by atoms with Gasteiger partial charge in [0.05, 0.1) is 25.1 Å². The summed E-state index contributed by atoms with van der Waals surface area (Å²) in [6.45, 7) is 2.42. The first kappa shape index (κ1) is 27.9. The Bertz CT molecular complexity index is 1220. The number of aliphatic carboxylic acids is 1. The number of aryl methyl sites for hydroxylation is 1. The normalized spacial score (nSPS) is 20.7. The Balaban J connectivity index is 1.33. The molecule has 2 aromatic rings. The number of urea groups is 1. The number of hydrogen-bond donors (Lipinski definition) is 4. The van der Waals surface area contributed by atoms with Crippen molar-refractivity contribution in [3.8, 4) is 5.75 Å². The average Bonchev–Trinajstić information content (AvgIpc) is 3.42. The first-order valence-electron chi connectivity index (χ1n) is 13.4. The van der Waals surface area contributed by atoms with E-state index >= 15 is 0 Å². The minimum absolute atomic E-state index is 0.0574. The van der Waals surface area contributed by atoms with Crippen LogP contribution < -0.4 is 20.7 Å². The van der Waals surface area contributed by atoms with Crippen LogP contribution >= 0.6 is 0 Å². The van der Waals surface area contributed by atoms with Crippen molar-refractivity contribution in [2.45, 2.75) is 64.0 Å². The summed E-state index contributed by atoms with van der Waals surface area (Å²) in [4.78, 5) is 51.5. The summed E-state index contributed by atoms with van der Waals surface area (Å²) in [6, 6.07) is 11.6. The van der Waals surface area contributed by atoms with Gasteiger partial charge in [-0.3, -0.25) is 14.4 Å². The Kier molecular flexibility index (Phi) is 9.06. The van der Waals surface area contributed by atoms with Crippen LogP contribution in [-0.4, -0.2) is 59.6 Å². The molecule has 39 heavy (non-hydrogen) atoms. The lowest BCUT2D eigenvalue weighted by Gasteiger charge is -2.30. The second kappa shape index (κ2) is 12.6. The minimum Gasteiger partial charge on any atom is -0.495 e. The van der Waals surface area contributed by atoms with Crippen molar-refractivity contribution >= 4 is 35.2 Å². The SMILES string of the molecule is COc1cc(CC(=O)N2CCCC2C(=O)NC2CCC(C(=O)O)CC2)ccc1NC(=O)Nc1ccccc1C. The molecule has 1 atom stereocenters. The molecule has 1 saturated carbocycles. The molecule has 2 aromatic carbocycles. The second-order valence-electron chi connectivity index (χ2n) is 10.2. The van der Waals surface area contributed by atoms with Gasteiger partial charge in [0, 0.05) is 18.3 Å². The van der Waals surface area contributed by atoms with Gasteiger partial charge < -0.3 is 30.7 Å². The molecule has 1 aliphatic carbocycles. The molecule has 208 valence electrons. The average molecular weight is 537 g/mol. The molecule has 1 heterocycles. The van der Waals surface area contributed by atoms with Gasteiger partial charge in [0.25, 0.3) is 0 Å². The van der Waals surface area contributed by atoms with E-state index < -0.39 is 18.0 Å². The maximum absolute atomic E-state index is 13.2. The van der Waals surface area contributed by atoms with E-state index in [1.807, 2.05) is 31.2 Å². The lowest BCUT2D eigenvalue weighted by molar-refractivity contribution is -0.143. The van der Waals surface area contributed by atoms with Crippen molar-refractivity contribution in [1.82, 2.24) is 10.2 Å². The third kappa shape index (κ3) is 7.07. The van der Waals surface area contributed by atoms with Crippen LogP contribution in [0.25, 0.3) is 0 Å². The molecule has 4 amide bonds. The van der Waals surface area contributed by atoms with E-state index in [4.69, 9.17) is 4.74 Å². The van der Waals surface area contributed by atoms with Crippen molar-refractivity contribution in [2.75, 3.05) is 24.3 Å². The van der Waals surface area contributed by atoms with Gasteiger partial charge in [-0.05, 0) is 74.8 Å². The Morgan fingerprint density at radius 3 is 2.38 bits per heavy atom. The van der Waals surface area contributed by atoms with Gasteiger partial charge in [0.2, 0.25) is 11.8 Å². The molecular weight excluding hydrogens is 500 g/mol. The Hall–Kier alpha value is -4.08. The number of carboxylic acid groups (broad SMARTS) is 1. The van der Waals surface area contributed by atoms with Gasteiger partial charge in [0.1, 0.15) is 11.8 Å². The predicted molar refractivity (Wildman–Crippen MR) is 147 cm³/mol. The Labute approximate surface area is 228 Å². The first-order valence-corrected chi connectivity index (χ1v) is 13.4. The number of benzene rings is 2. The highest BCUT2D eigenvalue weighted by Crippen LogP contribution is 2.28. The highest BCUT2D eigenvalue weighted by atomic mass is 16.5. The number of carboxylic acids is 1. The number of para-hydroxylation sites is 1. The Morgan fingerprint density at radius 1 is 0.974 bits per heavy atom. The van der Waals surface area contributed by atoms with Crippen LogP contribution in [0.3, 0.4) is 0 Å². The molecule has 4 rings (SSSR count). The van der Waals surface area contributed by atoms with Crippen LogP contribution in [0.5, 0.6) is 5.75 Å². The zero-order chi connectivity index (χ0) is 27.9. The van der Waals surface area contributed by atoms with Gasteiger partial charge in [0.15, 0.2) is 0 Å². The topological polar surface area (TPSA) is 137 Å². The molecule has 4 N–H and O–H groups in total. The van der Waals surface area contributed by atoms with Crippen LogP contribution in [0.15, 0.2) is 42.5 Å².